The van der Waals surface area contributed by atoms with Crippen molar-refractivity contribution in [2.45, 2.75) is 26.3 Å². The Morgan fingerprint density at radius 1 is 1.42 bits per heavy atom. The second kappa shape index (κ2) is 3.06. The Labute approximate surface area is 71.5 Å². The minimum atomic E-state index is -0.563. The molecular weight excluding hydrogens is 154 g/mol. The lowest BCUT2D eigenvalue weighted by Crippen LogP contribution is -2.29. The van der Waals surface area contributed by atoms with E-state index in [1.807, 2.05) is 26.8 Å². The Morgan fingerprint density at radius 2 is 2.08 bits per heavy atom. The van der Waals surface area contributed by atoms with Crippen molar-refractivity contribution in [1.29, 1.82) is 0 Å². The lowest BCUT2D eigenvalue weighted by atomic mass is 10.1. The molecule has 0 aliphatic carbocycles. The van der Waals surface area contributed by atoms with Gasteiger partial charge >= 0.3 is 0 Å². The lowest BCUT2D eigenvalue weighted by Gasteiger charge is -2.11. The highest BCUT2D eigenvalue weighted by atomic mass is 16.4. The topological polar surface area (TPSA) is 64.9 Å². The summed E-state index contributed by atoms with van der Waals surface area (Å²) in [5, 5.41) is 7.60. The van der Waals surface area contributed by atoms with Gasteiger partial charge < -0.3 is 10.2 Å². The van der Waals surface area contributed by atoms with Gasteiger partial charge in [0.15, 0.2) is 0 Å². The van der Waals surface area contributed by atoms with Crippen molar-refractivity contribution in [3.8, 4) is 0 Å². The van der Waals surface area contributed by atoms with Crippen LogP contribution in [0.15, 0.2) is 10.5 Å². The van der Waals surface area contributed by atoms with Gasteiger partial charge in [-0.05, 0) is 26.8 Å². The van der Waals surface area contributed by atoms with Crippen LogP contribution in [-0.2, 0) is 5.54 Å². The zero-order valence-electron chi connectivity index (χ0n) is 7.53. The van der Waals surface area contributed by atoms with E-state index in [0.29, 0.717) is 11.8 Å². The molecule has 0 aliphatic heterocycles. The molecule has 1 heterocycles. The second-order valence-corrected chi connectivity index (χ2v) is 3.17. The zero-order valence-corrected chi connectivity index (χ0v) is 7.53. The maximum atomic E-state index is 5.75. The van der Waals surface area contributed by atoms with Gasteiger partial charge in [0.25, 0.3) is 0 Å². The van der Waals surface area contributed by atoms with Crippen molar-refractivity contribution >= 4 is 6.08 Å². The fraction of sp³-hybridized carbons (Fsp3) is 0.500. The molecule has 0 aromatic carbocycles. The molecule has 0 amide bonds. The summed E-state index contributed by atoms with van der Waals surface area (Å²) in [6.45, 7) is 5.53. The van der Waals surface area contributed by atoms with E-state index in [0.717, 1.165) is 0 Å². The van der Waals surface area contributed by atoms with E-state index in [9.17, 15) is 0 Å². The molecule has 4 nitrogen and oxygen atoms in total. The molecule has 0 unspecified atom stereocenters. The molecule has 4 heteroatoms. The Kier molecular flexibility index (Phi) is 2.28. The fourth-order valence-electron chi connectivity index (χ4n) is 0.705. The smallest absolute Gasteiger partial charge is 0.240 e. The Hall–Kier alpha value is -1.16. The number of hydrogen-bond acceptors (Lipinski definition) is 4. The highest BCUT2D eigenvalue weighted by Gasteiger charge is 2.20. The van der Waals surface area contributed by atoms with Gasteiger partial charge in [-0.15, -0.1) is 10.2 Å². The quantitative estimate of drug-likeness (QED) is 0.721. The number of aromatic nitrogens is 2. The molecule has 0 saturated heterocycles. The average Bonchev–Trinajstić information content (AvgIpc) is 2.35. The van der Waals surface area contributed by atoms with Gasteiger partial charge in [0.2, 0.25) is 11.8 Å². The maximum absolute atomic E-state index is 5.75. The number of nitrogens with two attached hydrogens (primary N) is 1. The molecule has 0 bridgehead atoms. The predicted molar refractivity (Wildman–Crippen MR) is 46.2 cm³/mol. The van der Waals surface area contributed by atoms with Crippen molar-refractivity contribution in [3.63, 3.8) is 0 Å². The van der Waals surface area contributed by atoms with Gasteiger partial charge in [-0.3, -0.25) is 0 Å². The molecular formula is C8H13N3O. The summed E-state index contributed by atoms with van der Waals surface area (Å²) in [7, 11) is 0. The van der Waals surface area contributed by atoms with Crippen LogP contribution in [0.4, 0.5) is 0 Å². The van der Waals surface area contributed by atoms with E-state index >= 15 is 0 Å². The van der Waals surface area contributed by atoms with Crippen LogP contribution in [0, 0.1) is 0 Å². The summed E-state index contributed by atoms with van der Waals surface area (Å²) >= 11 is 0. The summed E-state index contributed by atoms with van der Waals surface area (Å²) in [6, 6.07) is 0. The van der Waals surface area contributed by atoms with Crippen LogP contribution < -0.4 is 5.73 Å². The van der Waals surface area contributed by atoms with Gasteiger partial charge in [0.05, 0.1) is 5.54 Å². The van der Waals surface area contributed by atoms with Crippen molar-refractivity contribution < 1.29 is 4.42 Å². The highest BCUT2D eigenvalue weighted by molar-refractivity contribution is 5.35. The number of rotatable bonds is 2. The summed E-state index contributed by atoms with van der Waals surface area (Å²) in [5.74, 6) is 0.946. The van der Waals surface area contributed by atoms with Crippen LogP contribution in [0.5, 0.6) is 0 Å². The van der Waals surface area contributed by atoms with Gasteiger partial charge in [-0.1, -0.05) is 6.08 Å². The van der Waals surface area contributed by atoms with Crippen LogP contribution in [-0.4, -0.2) is 10.2 Å². The van der Waals surface area contributed by atoms with Crippen molar-refractivity contribution in [1.82, 2.24) is 10.2 Å². The van der Waals surface area contributed by atoms with E-state index in [2.05, 4.69) is 10.2 Å². The van der Waals surface area contributed by atoms with E-state index in [1.165, 1.54) is 0 Å². The molecule has 1 rings (SSSR count). The third-order valence-electron chi connectivity index (χ3n) is 1.30. The van der Waals surface area contributed by atoms with Gasteiger partial charge in [-0.2, -0.15) is 0 Å². The van der Waals surface area contributed by atoms with Crippen LogP contribution in [0.25, 0.3) is 6.08 Å². The van der Waals surface area contributed by atoms with Gasteiger partial charge in [-0.25, -0.2) is 0 Å². The average molecular weight is 167 g/mol. The van der Waals surface area contributed by atoms with E-state index < -0.39 is 5.54 Å². The third-order valence-corrected chi connectivity index (χ3v) is 1.30. The molecule has 12 heavy (non-hydrogen) atoms. The van der Waals surface area contributed by atoms with Gasteiger partial charge in [0.1, 0.15) is 0 Å². The molecule has 2 N–H and O–H groups in total. The summed E-state index contributed by atoms with van der Waals surface area (Å²) in [6.07, 6.45) is 3.57. The predicted octanol–water partition coefficient (Wildman–Crippen LogP) is 1.30. The largest absolute Gasteiger partial charge is 0.419 e. The van der Waals surface area contributed by atoms with Crippen LogP contribution in [0.3, 0.4) is 0 Å². The number of allylic oxidation sites excluding steroid dienone is 1. The molecule has 0 fully saturated rings. The first kappa shape index (κ1) is 8.93. The molecule has 0 saturated carbocycles. The standard InChI is InChI=1S/C8H13N3O/c1-4-5-6-10-11-7(12-6)8(2,3)9/h4-5H,9H2,1-3H3/b5-4+. The Bertz CT molecular complexity index is 283. The first-order valence-corrected chi connectivity index (χ1v) is 3.79. The van der Waals surface area contributed by atoms with Crippen LogP contribution in [0.2, 0.25) is 0 Å². The molecule has 0 radical (unpaired) electrons. The van der Waals surface area contributed by atoms with E-state index in [1.54, 1.807) is 6.08 Å². The fourth-order valence-corrected chi connectivity index (χ4v) is 0.705. The second-order valence-electron chi connectivity index (χ2n) is 3.17. The maximum Gasteiger partial charge on any atom is 0.240 e. The molecule has 66 valence electrons. The summed E-state index contributed by atoms with van der Waals surface area (Å²) < 4.78 is 5.25. The van der Waals surface area contributed by atoms with Crippen LogP contribution >= 0.6 is 0 Å². The van der Waals surface area contributed by atoms with Crippen molar-refractivity contribution in [2.24, 2.45) is 5.73 Å². The number of hydrogen-bond donors (Lipinski definition) is 1. The van der Waals surface area contributed by atoms with Crippen LogP contribution in [0.1, 0.15) is 32.6 Å². The zero-order chi connectivity index (χ0) is 9.19. The first-order valence-electron chi connectivity index (χ1n) is 3.79. The monoisotopic (exact) mass is 167 g/mol. The van der Waals surface area contributed by atoms with Gasteiger partial charge in [0, 0.05) is 0 Å². The minimum absolute atomic E-state index is 0.454. The normalized spacial score (nSPS) is 12.7. The minimum Gasteiger partial charge on any atom is -0.419 e. The lowest BCUT2D eigenvalue weighted by molar-refractivity contribution is 0.374. The SMILES string of the molecule is C/C=C/c1nnc(C(C)(C)N)o1. The van der Waals surface area contributed by atoms with Crippen molar-refractivity contribution in [3.05, 3.63) is 17.9 Å². The summed E-state index contributed by atoms with van der Waals surface area (Å²) in [4.78, 5) is 0. The van der Waals surface area contributed by atoms with Crippen molar-refractivity contribution in [2.75, 3.05) is 0 Å². The first-order chi connectivity index (χ1) is 5.54. The number of nitrogens with zero attached hydrogens (tertiary/aromatic N) is 2. The molecule has 0 atom stereocenters. The summed E-state index contributed by atoms with van der Waals surface area (Å²) in [5.41, 5.74) is 5.18. The molecule has 1 aromatic heterocycles. The van der Waals surface area contributed by atoms with E-state index in [4.69, 9.17) is 10.2 Å². The highest BCUT2D eigenvalue weighted by Crippen LogP contribution is 2.14. The molecule has 0 spiro atoms. The molecule has 1 aromatic rings. The van der Waals surface area contributed by atoms with E-state index in [-0.39, 0.29) is 0 Å². The Balaban J connectivity index is 2.92. The molecule has 0 aliphatic rings. The third kappa shape index (κ3) is 1.92. The Morgan fingerprint density at radius 3 is 2.50 bits per heavy atom.